The zero-order valence-corrected chi connectivity index (χ0v) is 16.0. The second kappa shape index (κ2) is 12.9. The predicted octanol–water partition coefficient (Wildman–Crippen LogP) is 2.49. The summed E-state index contributed by atoms with van der Waals surface area (Å²) in [7, 11) is 0. The molecule has 1 rings (SSSR count). The molecule has 0 fully saturated rings. The van der Waals surface area contributed by atoms with Gasteiger partial charge in [0.05, 0.1) is 24.1 Å². The van der Waals surface area contributed by atoms with Crippen LogP contribution >= 0.6 is 0 Å². The number of carbonyl (C=O) groups is 3. The molecule has 0 aliphatic carbocycles. The van der Waals surface area contributed by atoms with E-state index >= 15 is 0 Å². The topological polar surface area (TPSA) is 107 Å². The smallest absolute Gasteiger partial charge is 0.338 e. The van der Waals surface area contributed by atoms with Crippen molar-refractivity contribution in [2.75, 3.05) is 6.61 Å². The standard InChI is InChI=1S/C21H30O6/c1-2-3-4-5-6-7-8-9-10-11-14-27-21(26)17-13-12-16(19(22)23)15-18(17)20(24)25/h12-13,15H,2-11,14H2,1H3,(H,22,23)(H,24,25)/p-2. The predicted molar refractivity (Wildman–Crippen MR) is 97.2 cm³/mol. The van der Waals surface area contributed by atoms with Crippen molar-refractivity contribution in [3.8, 4) is 0 Å². The molecule has 0 saturated carbocycles. The molecule has 0 radical (unpaired) electrons. The van der Waals surface area contributed by atoms with E-state index in [9.17, 15) is 24.6 Å². The molecule has 0 atom stereocenters. The zero-order chi connectivity index (χ0) is 20.1. The van der Waals surface area contributed by atoms with E-state index in [2.05, 4.69) is 6.92 Å². The first-order valence-electron chi connectivity index (χ1n) is 9.71. The Morgan fingerprint density at radius 1 is 0.778 bits per heavy atom. The van der Waals surface area contributed by atoms with Gasteiger partial charge >= 0.3 is 5.97 Å². The summed E-state index contributed by atoms with van der Waals surface area (Å²) in [4.78, 5) is 34.0. The van der Waals surface area contributed by atoms with Crippen LogP contribution in [0.2, 0.25) is 0 Å². The largest absolute Gasteiger partial charge is 0.545 e. The molecule has 6 nitrogen and oxygen atoms in total. The van der Waals surface area contributed by atoms with Gasteiger partial charge in [0.1, 0.15) is 0 Å². The van der Waals surface area contributed by atoms with Gasteiger partial charge in [-0.15, -0.1) is 0 Å². The summed E-state index contributed by atoms with van der Waals surface area (Å²) < 4.78 is 5.10. The summed E-state index contributed by atoms with van der Waals surface area (Å²) in [6, 6.07) is 3.07. The van der Waals surface area contributed by atoms with Crippen LogP contribution in [-0.2, 0) is 4.74 Å². The monoisotopic (exact) mass is 376 g/mol. The Balaban J connectivity index is 2.29. The van der Waals surface area contributed by atoms with Gasteiger partial charge in [0.2, 0.25) is 0 Å². The van der Waals surface area contributed by atoms with E-state index < -0.39 is 23.5 Å². The molecule has 0 aliphatic rings. The Labute approximate surface area is 160 Å². The lowest BCUT2D eigenvalue weighted by Gasteiger charge is -2.12. The lowest BCUT2D eigenvalue weighted by Crippen LogP contribution is -2.28. The number of aromatic carboxylic acids is 2. The van der Waals surface area contributed by atoms with Gasteiger partial charge in [0, 0.05) is 5.56 Å². The van der Waals surface area contributed by atoms with Gasteiger partial charge in [-0.2, -0.15) is 0 Å². The minimum atomic E-state index is -1.64. The first kappa shape index (κ1) is 22.7. The highest BCUT2D eigenvalue weighted by atomic mass is 16.5. The SMILES string of the molecule is CCCCCCCCCCCCOC(=O)c1ccc(C(=O)[O-])cc1C(=O)[O-]. The molecule has 6 heteroatoms. The van der Waals surface area contributed by atoms with Gasteiger partial charge in [-0.1, -0.05) is 70.8 Å². The number of carboxylic acid groups (broad SMARTS) is 2. The zero-order valence-electron chi connectivity index (χ0n) is 16.0. The molecular formula is C21H28O6-2. The maximum atomic E-state index is 12.0. The quantitative estimate of drug-likeness (QED) is 0.365. The van der Waals surface area contributed by atoms with E-state index in [1.54, 1.807) is 0 Å². The third-order valence-electron chi connectivity index (χ3n) is 4.43. The minimum absolute atomic E-state index is 0.198. The highest BCUT2D eigenvalue weighted by molar-refractivity contribution is 6.03. The van der Waals surface area contributed by atoms with Crippen molar-refractivity contribution in [1.29, 1.82) is 0 Å². The van der Waals surface area contributed by atoms with Crippen LogP contribution in [0.3, 0.4) is 0 Å². The molecule has 150 valence electrons. The second-order valence-electron chi connectivity index (χ2n) is 6.65. The number of rotatable bonds is 14. The number of carboxylic acids is 2. The average Bonchev–Trinajstić information content (AvgIpc) is 2.65. The third-order valence-corrected chi connectivity index (χ3v) is 4.43. The summed E-state index contributed by atoms with van der Waals surface area (Å²) in [5.41, 5.74) is -1.06. The second-order valence-corrected chi connectivity index (χ2v) is 6.65. The Kier molecular flexibility index (Phi) is 10.8. The fourth-order valence-corrected chi connectivity index (χ4v) is 2.85. The van der Waals surface area contributed by atoms with Crippen molar-refractivity contribution < 1.29 is 29.3 Å². The molecule has 0 amide bonds. The highest BCUT2D eigenvalue weighted by Gasteiger charge is 2.14. The Morgan fingerprint density at radius 3 is 1.85 bits per heavy atom. The molecule has 0 unspecified atom stereocenters. The number of carbonyl (C=O) groups excluding carboxylic acids is 3. The molecule has 1 aromatic rings. The minimum Gasteiger partial charge on any atom is -0.545 e. The van der Waals surface area contributed by atoms with Crippen LogP contribution < -0.4 is 10.2 Å². The molecule has 0 N–H and O–H groups in total. The lowest BCUT2D eigenvalue weighted by atomic mass is 10.0. The van der Waals surface area contributed by atoms with E-state index in [0.717, 1.165) is 31.0 Å². The van der Waals surface area contributed by atoms with Gasteiger partial charge in [-0.3, -0.25) is 0 Å². The number of benzene rings is 1. The molecule has 27 heavy (non-hydrogen) atoms. The summed E-state index contributed by atoms with van der Waals surface area (Å²) >= 11 is 0. The van der Waals surface area contributed by atoms with E-state index in [1.165, 1.54) is 44.9 Å². The van der Waals surface area contributed by atoms with Crippen molar-refractivity contribution >= 4 is 17.9 Å². The van der Waals surface area contributed by atoms with Crippen LogP contribution in [0.1, 0.15) is 102 Å². The summed E-state index contributed by atoms with van der Waals surface area (Å²) in [6.45, 7) is 2.40. The van der Waals surface area contributed by atoms with E-state index in [1.807, 2.05) is 0 Å². The van der Waals surface area contributed by atoms with Crippen LogP contribution in [0.15, 0.2) is 18.2 Å². The van der Waals surface area contributed by atoms with Gasteiger partial charge in [-0.05, 0) is 24.1 Å². The highest BCUT2D eigenvalue weighted by Crippen LogP contribution is 2.14. The van der Waals surface area contributed by atoms with Crippen LogP contribution in [0.5, 0.6) is 0 Å². The third kappa shape index (κ3) is 8.71. The fraction of sp³-hybridized carbons (Fsp3) is 0.571. The van der Waals surface area contributed by atoms with Gasteiger partial charge in [0.15, 0.2) is 0 Å². The molecule has 0 aliphatic heterocycles. The first-order chi connectivity index (χ1) is 13.0. The molecule has 0 heterocycles. The van der Waals surface area contributed by atoms with Crippen molar-refractivity contribution in [2.24, 2.45) is 0 Å². The number of esters is 1. The van der Waals surface area contributed by atoms with E-state index in [4.69, 9.17) is 4.74 Å². The molecular weight excluding hydrogens is 348 g/mol. The van der Waals surface area contributed by atoms with E-state index in [0.29, 0.717) is 6.42 Å². The summed E-state index contributed by atoms with van der Waals surface area (Å²) in [6.07, 6.45) is 11.6. The van der Waals surface area contributed by atoms with Crippen LogP contribution in [-0.4, -0.2) is 24.5 Å². The van der Waals surface area contributed by atoms with Crippen molar-refractivity contribution in [3.05, 3.63) is 34.9 Å². The number of unbranched alkanes of at least 4 members (excludes halogenated alkanes) is 9. The maximum absolute atomic E-state index is 12.0. The Morgan fingerprint density at radius 2 is 1.33 bits per heavy atom. The number of hydrogen-bond donors (Lipinski definition) is 0. The van der Waals surface area contributed by atoms with Crippen molar-refractivity contribution in [2.45, 2.75) is 71.1 Å². The van der Waals surface area contributed by atoms with Crippen molar-refractivity contribution in [1.82, 2.24) is 0 Å². The van der Waals surface area contributed by atoms with Crippen LogP contribution in [0.25, 0.3) is 0 Å². The van der Waals surface area contributed by atoms with Crippen LogP contribution in [0.4, 0.5) is 0 Å². The number of ether oxygens (including phenoxy) is 1. The molecule has 1 aromatic carbocycles. The molecule has 0 spiro atoms. The molecule has 0 aromatic heterocycles. The van der Waals surface area contributed by atoms with E-state index in [-0.39, 0.29) is 17.7 Å². The number of hydrogen-bond acceptors (Lipinski definition) is 6. The summed E-state index contributed by atoms with van der Waals surface area (Å²) in [5.74, 6) is -3.96. The normalized spacial score (nSPS) is 10.6. The van der Waals surface area contributed by atoms with Crippen molar-refractivity contribution in [3.63, 3.8) is 0 Å². The van der Waals surface area contributed by atoms with Gasteiger partial charge < -0.3 is 24.5 Å². The maximum Gasteiger partial charge on any atom is 0.338 e. The average molecular weight is 376 g/mol. The Bertz CT molecular complexity index is 623. The fourth-order valence-electron chi connectivity index (χ4n) is 2.85. The molecule has 0 bridgehead atoms. The van der Waals surface area contributed by atoms with Gasteiger partial charge in [0.25, 0.3) is 0 Å². The lowest BCUT2D eigenvalue weighted by molar-refractivity contribution is -0.255. The van der Waals surface area contributed by atoms with Crippen LogP contribution in [0, 0.1) is 0 Å². The summed E-state index contributed by atoms with van der Waals surface area (Å²) in [5, 5.41) is 21.9. The first-order valence-corrected chi connectivity index (χ1v) is 9.71. The Hall–Kier alpha value is -2.37. The molecule has 0 saturated heterocycles. The van der Waals surface area contributed by atoms with Gasteiger partial charge in [-0.25, -0.2) is 4.79 Å².